The summed E-state index contributed by atoms with van der Waals surface area (Å²) in [5.74, 6) is 0. The standard InChI is InChI=1S/C34H27NO/c1-34(2)32-21-24(23-36)13-19-30(32)31-20-16-26(22-33(31)34)25-14-17-29(18-15-25)35(27-9-5-3-6-10-27)28-11-7-4-8-12-28/h3-23H,1-2H3. The van der Waals surface area contributed by atoms with Gasteiger partial charge in [0.2, 0.25) is 0 Å². The summed E-state index contributed by atoms with van der Waals surface area (Å²) >= 11 is 0. The molecule has 2 heteroatoms. The summed E-state index contributed by atoms with van der Waals surface area (Å²) < 4.78 is 0. The van der Waals surface area contributed by atoms with Crippen molar-refractivity contribution in [2.75, 3.05) is 4.90 Å². The molecule has 6 rings (SSSR count). The molecule has 174 valence electrons. The highest BCUT2D eigenvalue weighted by Gasteiger charge is 2.35. The molecule has 0 amide bonds. The molecule has 0 bridgehead atoms. The molecule has 0 atom stereocenters. The van der Waals surface area contributed by atoms with E-state index in [9.17, 15) is 4.79 Å². The fraction of sp³-hybridized carbons (Fsp3) is 0.0882. The number of carbonyl (C=O) groups excluding carboxylic acids is 1. The van der Waals surface area contributed by atoms with E-state index >= 15 is 0 Å². The first-order chi connectivity index (χ1) is 17.6. The molecule has 1 aliphatic rings. The van der Waals surface area contributed by atoms with E-state index in [4.69, 9.17) is 0 Å². The topological polar surface area (TPSA) is 20.3 Å². The van der Waals surface area contributed by atoms with Gasteiger partial charge in [-0.15, -0.1) is 0 Å². The number of rotatable bonds is 5. The Labute approximate surface area is 212 Å². The van der Waals surface area contributed by atoms with Crippen molar-refractivity contribution in [1.82, 2.24) is 0 Å². The van der Waals surface area contributed by atoms with Gasteiger partial charge in [-0.1, -0.05) is 86.6 Å². The summed E-state index contributed by atoms with van der Waals surface area (Å²) in [5, 5.41) is 0. The van der Waals surface area contributed by atoms with Crippen molar-refractivity contribution in [2.45, 2.75) is 19.3 Å². The van der Waals surface area contributed by atoms with E-state index in [-0.39, 0.29) is 5.41 Å². The van der Waals surface area contributed by atoms with Gasteiger partial charge in [-0.2, -0.15) is 0 Å². The quantitative estimate of drug-likeness (QED) is 0.241. The molecule has 5 aromatic rings. The van der Waals surface area contributed by atoms with Crippen LogP contribution in [0.15, 0.2) is 121 Å². The van der Waals surface area contributed by atoms with Crippen LogP contribution in [0.2, 0.25) is 0 Å². The van der Waals surface area contributed by atoms with Crippen LogP contribution in [0, 0.1) is 0 Å². The van der Waals surface area contributed by atoms with E-state index in [2.05, 4.69) is 116 Å². The lowest BCUT2D eigenvalue weighted by Crippen LogP contribution is -2.15. The minimum atomic E-state index is -0.156. The zero-order valence-corrected chi connectivity index (χ0v) is 20.5. The van der Waals surface area contributed by atoms with Gasteiger partial charge in [-0.25, -0.2) is 0 Å². The van der Waals surface area contributed by atoms with Crippen LogP contribution in [0.4, 0.5) is 17.1 Å². The molecule has 0 spiro atoms. The van der Waals surface area contributed by atoms with Crippen molar-refractivity contribution in [3.05, 3.63) is 138 Å². The largest absolute Gasteiger partial charge is 0.311 e. The van der Waals surface area contributed by atoms with Crippen LogP contribution in [0.25, 0.3) is 22.3 Å². The molecule has 36 heavy (non-hydrogen) atoms. The molecular weight excluding hydrogens is 438 g/mol. The highest BCUT2D eigenvalue weighted by atomic mass is 16.1. The van der Waals surface area contributed by atoms with Gasteiger partial charge in [-0.3, -0.25) is 4.79 Å². The average Bonchev–Trinajstić information content (AvgIpc) is 3.16. The van der Waals surface area contributed by atoms with Gasteiger partial charge in [0.25, 0.3) is 0 Å². The lowest BCUT2D eigenvalue weighted by molar-refractivity contribution is 0.112. The number of para-hydroxylation sites is 2. The fourth-order valence-electron chi connectivity index (χ4n) is 5.41. The van der Waals surface area contributed by atoms with Gasteiger partial charge in [-0.05, 0) is 81.9 Å². The highest BCUT2D eigenvalue weighted by Crippen LogP contribution is 2.50. The smallest absolute Gasteiger partial charge is 0.150 e. The highest BCUT2D eigenvalue weighted by molar-refractivity contribution is 5.87. The normalized spacial score (nSPS) is 13.1. The average molecular weight is 466 g/mol. The van der Waals surface area contributed by atoms with Crippen molar-refractivity contribution in [2.24, 2.45) is 0 Å². The second-order valence-electron chi connectivity index (χ2n) is 9.86. The van der Waals surface area contributed by atoms with Crippen LogP contribution in [-0.2, 0) is 5.41 Å². The molecule has 2 nitrogen and oxygen atoms in total. The van der Waals surface area contributed by atoms with Gasteiger partial charge in [0.05, 0.1) is 0 Å². The third-order valence-corrected chi connectivity index (χ3v) is 7.32. The Balaban J connectivity index is 1.38. The molecule has 0 N–H and O–H groups in total. The number of nitrogens with zero attached hydrogens (tertiary/aromatic N) is 1. The fourth-order valence-corrected chi connectivity index (χ4v) is 5.41. The number of aldehydes is 1. The summed E-state index contributed by atoms with van der Waals surface area (Å²) in [6.07, 6.45) is 0.931. The monoisotopic (exact) mass is 465 g/mol. The minimum Gasteiger partial charge on any atom is -0.311 e. The molecule has 0 saturated carbocycles. The number of hydrogen-bond donors (Lipinski definition) is 0. The summed E-state index contributed by atoms with van der Waals surface area (Å²) in [7, 11) is 0. The summed E-state index contributed by atoms with van der Waals surface area (Å²) in [6, 6.07) is 42.5. The molecule has 0 heterocycles. The second kappa shape index (κ2) is 8.66. The van der Waals surface area contributed by atoms with Crippen LogP contribution in [-0.4, -0.2) is 6.29 Å². The van der Waals surface area contributed by atoms with Crippen molar-refractivity contribution in [1.29, 1.82) is 0 Å². The van der Waals surface area contributed by atoms with Gasteiger partial charge >= 0.3 is 0 Å². The van der Waals surface area contributed by atoms with E-state index in [0.717, 1.165) is 28.9 Å². The maximum Gasteiger partial charge on any atom is 0.150 e. The Hall–Kier alpha value is -4.43. The number of fused-ring (bicyclic) bond motifs is 3. The van der Waals surface area contributed by atoms with Gasteiger partial charge in [0.15, 0.2) is 0 Å². The maximum atomic E-state index is 11.4. The zero-order valence-electron chi connectivity index (χ0n) is 20.5. The molecule has 0 radical (unpaired) electrons. The second-order valence-corrected chi connectivity index (χ2v) is 9.86. The number of hydrogen-bond acceptors (Lipinski definition) is 2. The first-order valence-corrected chi connectivity index (χ1v) is 12.3. The van der Waals surface area contributed by atoms with E-state index < -0.39 is 0 Å². The Bertz CT molecular complexity index is 1510. The number of carbonyl (C=O) groups is 1. The predicted octanol–water partition coefficient (Wildman–Crippen LogP) is 8.94. The molecule has 0 saturated heterocycles. The van der Waals surface area contributed by atoms with E-state index in [1.54, 1.807) is 0 Å². The lowest BCUT2D eigenvalue weighted by atomic mass is 9.81. The van der Waals surface area contributed by atoms with Gasteiger partial charge < -0.3 is 4.90 Å². The van der Waals surface area contributed by atoms with Crippen molar-refractivity contribution >= 4 is 23.3 Å². The van der Waals surface area contributed by atoms with Crippen molar-refractivity contribution in [3.63, 3.8) is 0 Å². The predicted molar refractivity (Wildman–Crippen MR) is 150 cm³/mol. The van der Waals surface area contributed by atoms with E-state index in [0.29, 0.717) is 0 Å². The molecule has 0 unspecified atom stereocenters. The lowest BCUT2D eigenvalue weighted by Gasteiger charge is -2.25. The Morgan fingerprint density at radius 2 is 1.06 bits per heavy atom. The Kier molecular flexibility index (Phi) is 5.30. The van der Waals surface area contributed by atoms with Crippen LogP contribution in [0.1, 0.15) is 35.3 Å². The molecule has 0 aliphatic heterocycles. The third kappa shape index (κ3) is 3.63. The van der Waals surface area contributed by atoms with Crippen LogP contribution >= 0.6 is 0 Å². The van der Waals surface area contributed by atoms with Crippen molar-refractivity contribution < 1.29 is 4.79 Å². The van der Waals surface area contributed by atoms with Crippen molar-refractivity contribution in [3.8, 4) is 22.3 Å². The first-order valence-electron chi connectivity index (χ1n) is 12.3. The zero-order chi connectivity index (χ0) is 24.7. The van der Waals surface area contributed by atoms with E-state index in [1.807, 2.05) is 24.3 Å². The van der Waals surface area contributed by atoms with Crippen LogP contribution in [0.5, 0.6) is 0 Å². The number of anilines is 3. The SMILES string of the molecule is CC1(C)c2cc(C=O)ccc2-c2ccc(-c3ccc(N(c4ccccc4)c4ccccc4)cc3)cc21. The Morgan fingerprint density at radius 1 is 0.556 bits per heavy atom. The molecule has 0 fully saturated rings. The molecule has 5 aromatic carbocycles. The molecule has 1 aliphatic carbocycles. The molecular formula is C34H27NO. The molecule has 0 aromatic heterocycles. The Morgan fingerprint density at radius 3 is 1.64 bits per heavy atom. The van der Waals surface area contributed by atoms with E-state index in [1.165, 1.54) is 33.4 Å². The minimum absolute atomic E-state index is 0.156. The third-order valence-electron chi connectivity index (χ3n) is 7.32. The summed E-state index contributed by atoms with van der Waals surface area (Å²) in [6.45, 7) is 4.49. The summed E-state index contributed by atoms with van der Waals surface area (Å²) in [5.41, 5.74) is 11.3. The van der Waals surface area contributed by atoms with Gasteiger partial charge in [0, 0.05) is 28.0 Å². The summed E-state index contributed by atoms with van der Waals surface area (Å²) in [4.78, 5) is 13.7. The van der Waals surface area contributed by atoms with Crippen LogP contribution < -0.4 is 4.90 Å². The maximum absolute atomic E-state index is 11.4. The van der Waals surface area contributed by atoms with Crippen LogP contribution in [0.3, 0.4) is 0 Å². The first kappa shape index (κ1) is 22.1. The number of benzene rings is 5. The van der Waals surface area contributed by atoms with Gasteiger partial charge in [0.1, 0.15) is 6.29 Å².